The van der Waals surface area contributed by atoms with Gasteiger partial charge in [-0.1, -0.05) is 27.5 Å². The number of nitrogens with one attached hydrogen (secondary N) is 1. The molecule has 1 aromatic rings. The zero-order valence-electron chi connectivity index (χ0n) is 7.44. The molecule has 0 saturated carbocycles. The second-order valence-electron chi connectivity index (χ2n) is 2.57. The molecule has 0 atom stereocenters. The molecule has 0 heterocycles. The van der Waals surface area contributed by atoms with Crippen molar-refractivity contribution in [1.82, 2.24) is 0 Å². The summed E-state index contributed by atoms with van der Waals surface area (Å²) in [6.07, 6.45) is -4.65. The largest absolute Gasteiger partial charge is 0.573 e. The van der Waals surface area contributed by atoms with Crippen LogP contribution in [0.2, 0.25) is 5.02 Å². The smallest absolute Gasteiger partial charge is 0.403 e. The van der Waals surface area contributed by atoms with E-state index >= 15 is 0 Å². The van der Waals surface area contributed by atoms with E-state index in [1.165, 1.54) is 6.07 Å². The average Bonchev–Trinajstić information content (AvgIpc) is 2.08. The van der Waals surface area contributed by atoms with E-state index in [2.05, 4.69) is 20.7 Å². The van der Waals surface area contributed by atoms with Gasteiger partial charge in [-0.15, -0.1) is 13.2 Å². The van der Waals surface area contributed by atoms with Crippen molar-refractivity contribution in [3.8, 4) is 5.75 Å². The lowest BCUT2D eigenvalue weighted by molar-refractivity contribution is -0.274. The number of hydrogen-bond acceptors (Lipinski definition) is 2. The number of benzene rings is 1. The topological polar surface area (TPSA) is 38.3 Å². The first kappa shape index (κ1) is 13.1. The number of carbonyl (C=O) groups excluding carboxylic acids is 1. The van der Waals surface area contributed by atoms with E-state index in [0.717, 1.165) is 6.07 Å². The number of ether oxygens (including phenoxy) is 1. The Kier molecular flexibility index (Phi) is 4.03. The van der Waals surface area contributed by atoms with Gasteiger partial charge < -0.3 is 10.1 Å². The molecular formula is C8H4BrClF3NO2. The van der Waals surface area contributed by atoms with Gasteiger partial charge in [0.15, 0.2) is 5.75 Å². The summed E-state index contributed by atoms with van der Waals surface area (Å²) in [5.41, 5.74) is -0.239. The van der Waals surface area contributed by atoms with E-state index in [0.29, 0.717) is 4.47 Å². The number of alkyl halides is 3. The number of carbonyl (C=O) groups is 1. The number of hydrogen-bond donors (Lipinski definition) is 1. The molecule has 0 aromatic heterocycles. The van der Waals surface area contributed by atoms with Crippen LogP contribution in [0.25, 0.3) is 0 Å². The molecule has 88 valence electrons. The molecule has 0 aliphatic heterocycles. The summed E-state index contributed by atoms with van der Waals surface area (Å²) in [7, 11) is 0. The molecule has 1 rings (SSSR count). The van der Waals surface area contributed by atoms with Gasteiger partial charge in [-0.05, 0) is 12.1 Å². The molecule has 0 aliphatic rings. The highest BCUT2D eigenvalue weighted by atomic mass is 79.9. The van der Waals surface area contributed by atoms with Crippen molar-refractivity contribution in [2.75, 3.05) is 5.32 Å². The predicted molar refractivity (Wildman–Crippen MR) is 55.5 cm³/mol. The van der Waals surface area contributed by atoms with Gasteiger partial charge in [0.1, 0.15) is 5.69 Å². The minimum absolute atomic E-state index is 0.0688. The SMILES string of the molecule is O=CNc1c(Cl)cc(Br)cc1OC(F)(F)F. The fourth-order valence-electron chi connectivity index (χ4n) is 0.954. The van der Waals surface area contributed by atoms with Crippen molar-refractivity contribution in [2.24, 2.45) is 0 Å². The van der Waals surface area contributed by atoms with Crippen LogP contribution in [0.5, 0.6) is 5.75 Å². The van der Waals surface area contributed by atoms with Crippen LogP contribution in [0.4, 0.5) is 18.9 Å². The van der Waals surface area contributed by atoms with Gasteiger partial charge in [-0.3, -0.25) is 4.79 Å². The molecule has 0 radical (unpaired) electrons. The van der Waals surface area contributed by atoms with Crippen molar-refractivity contribution in [2.45, 2.75) is 6.36 Å². The van der Waals surface area contributed by atoms with Gasteiger partial charge >= 0.3 is 6.36 Å². The van der Waals surface area contributed by atoms with Crippen LogP contribution in [0.3, 0.4) is 0 Å². The maximum atomic E-state index is 12.0. The van der Waals surface area contributed by atoms with Crippen molar-refractivity contribution < 1.29 is 22.7 Å². The number of halogens is 5. The highest BCUT2D eigenvalue weighted by molar-refractivity contribution is 9.10. The van der Waals surface area contributed by atoms with E-state index in [1.807, 2.05) is 5.32 Å². The Bertz CT molecular complexity index is 411. The first-order valence-electron chi connectivity index (χ1n) is 3.78. The summed E-state index contributed by atoms with van der Waals surface area (Å²) < 4.78 is 40.1. The van der Waals surface area contributed by atoms with Crippen LogP contribution < -0.4 is 10.1 Å². The zero-order chi connectivity index (χ0) is 12.3. The van der Waals surface area contributed by atoms with Crippen molar-refractivity contribution in [3.63, 3.8) is 0 Å². The lowest BCUT2D eigenvalue weighted by atomic mass is 10.3. The molecule has 0 saturated heterocycles. The number of rotatable bonds is 3. The Morgan fingerprint density at radius 3 is 2.56 bits per heavy atom. The van der Waals surface area contributed by atoms with E-state index < -0.39 is 12.1 Å². The van der Waals surface area contributed by atoms with E-state index in [4.69, 9.17) is 11.6 Å². The molecule has 8 heteroatoms. The lowest BCUT2D eigenvalue weighted by Crippen LogP contribution is -2.18. The van der Waals surface area contributed by atoms with Crippen LogP contribution in [-0.4, -0.2) is 12.8 Å². The van der Waals surface area contributed by atoms with E-state index in [-0.39, 0.29) is 17.1 Å². The summed E-state index contributed by atoms with van der Waals surface area (Å²) >= 11 is 8.60. The third-order valence-electron chi connectivity index (χ3n) is 1.45. The molecule has 16 heavy (non-hydrogen) atoms. The van der Waals surface area contributed by atoms with Crippen LogP contribution in [0, 0.1) is 0 Å². The minimum atomic E-state index is -4.86. The van der Waals surface area contributed by atoms with Crippen LogP contribution in [0.1, 0.15) is 0 Å². The first-order valence-corrected chi connectivity index (χ1v) is 4.95. The number of amides is 1. The van der Waals surface area contributed by atoms with E-state index in [9.17, 15) is 18.0 Å². The molecular weight excluding hydrogens is 314 g/mol. The average molecular weight is 318 g/mol. The van der Waals surface area contributed by atoms with Gasteiger partial charge in [0.2, 0.25) is 6.41 Å². The molecule has 3 nitrogen and oxygen atoms in total. The molecule has 0 fully saturated rings. The zero-order valence-corrected chi connectivity index (χ0v) is 9.78. The summed E-state index contributed by atoms with van der Waals surface area (Å²) in [6, 6.07) is 2.38. The standard InChI is InChI=1S/C8H4BrClF3NO2/c9-4-1-5(10)7(14-3-15)6(2-4)16-8(11,12)13/h1-3H,(H,14,15). The fourth-order valence-corrected chi connectivity index (χ4v) is 1.79. The molecule has 0 bridgehead atoms. The Morgan fingerprint density at radius 1 is 1.44 bits per heavy atom. The quantitative estimate of drug-likeness (QED) is 0.865. The second kappa shape index (κ2) is 4.92. The Morgan fingerprint density at radius 2 is 2.06 bits per heavy atom. The molecule has 0 unspecified atom stereocenters. The van der Waals surface area contributed by atoms with Gasteiger partial charge in [0.25, 0.3) is 0 Å². The predicted octanol–water partition coefficient (Wildman–Crippen LogP) is 3.57. The van der Waals surface area contributed by atoms with Gasteiger partial charge in [0, 0.05) is 4.47 Å². The molecule has 1 N–H and O–H groups in total. The Labute approximate surface area is 102 Å². The Hall–Kier alpha value is -0.950. The third kappa shape index (κ3) is 3.57. The van der Waals surface area contributed by atoms with Gasteiger partial charge in [-0.2, -0.15) is 0 Å². The number of anilines is 1. The fraction of sp³-hybridized carbons (Fsp3) is 0.125. The van der Waals surface area contributed by atoms with Gasteiger partial charge in [0.05, 0.1) is 5.02 Å². The van der Waals surface area contributed by atoms with Crippen LogP contribution in [-0.2, 0) is 4.79 Å². The molecule has 1 aromatic carbocycles. The molecule has 0 aliphatic carbocycles. The summed E-state index contributed by atoms with van der Waals surface area (Å²) in [5, 5.41) is 1.97. The van der Waals surface area contributed by atoms with Crippen molar-refractivity contribution >= 4 is 39.6 Å². The maximum Gasteiger partial charge on any atom is 0.573 e. The monoisotopic (exact) mass is 317 g/mol. The maximum absolute atomic E-state index is 12.0. The minimum Gasteiger partial charge on any atom is -0.403 e. The normalized spacial score (nSPS) is 11.1. The summed E-state index contributed by atoms with van der Waals surface area (Å²) in [4.78, 5) is 10.2. The molecule has 1 amide bonds. The van der Waals surface area contributed by atoms with E-state index in [1.54, 1.807) is 0 Å². The van der Waals surface area contributed by atoms with Crippen molar-refractivity contribution in [3.05, 3.63) is 21.6 Å². The second-order valence-corrected chi connectivity index (χ2v) is 3.89. The first-order chi connectivity index (χ1) is 7.33. The van der Waals surface area contributed by atoms with Crippen LogP contribution >= 0.6 is 27.5 Å². The molecule has 0 spiro atoms. The summed E-state index contributed by atoms with van der Waals surface area (Å²) in [6.45, 7) is 0. The van der Waals surface area contributed by atoms with Gasteiger partial charge in [-0.25, -0.2) is 0 Å². The van der Waals surface area contributed by atoms with Crippen LogP contribution in [0.15, 0.2) is 16.6 Å². The Balaban J connectivity index is 3.18. The summed E-state index contributed by atoms with van der Waals surface area (Å²) in [5.74, 6) is -0.584. The van der Waals surface area contributed by atoms with Crippen molar-refractivity contribution in [1.29, 1.82) is 0 Å². The highest BCUT2D eigenvalue weighted by Crippen LogP contribution is 2.38. The highest BCUT2D eigenvalue weighted by Gasteiger charge is 2.32. The third-order valence-corrected chi connectivity index (χ3v) is 2.20. The lowest BCUT2D eigenvalue weighted by Gasteiger charge is -2.14.